The lowest BCUT2D eigenvalue weighted by molar-refractivity contribution is -0.146. The second-order valence-corrected chi connectivity index (χ2v) is 5.17. The van der Waals surface area contributed by atoms with Crippen molar-refractivity contribution < 1.29 is 34.5 Å². The molecule has 0 heterocycles. The summed E-state index contributed by atoms with van der Waals surface area (Å²) in [5.41, 5.74) is 0. The Balaban J connectivity index is 4.56. The van der Waals surface area contributed by atoms with Crippen molar-refractivity contribution in [1.29, 1.82) is 0 Å². The SMILES string of the molecule is C=CC(=O)NCCCCC(C(=O)O)N(CCC(=O)O)CCC(=O)O. The number of nitrogens with one attached hydrogen (secondary N) is 1. The summed E-state index contributed by atoms with van der Waals surface area (Å²) in [5, 5.41) is 29.4. The highest BCUT2D eigenvalue weighted by Gasteiger charge is 2.25. The minimum atomic E-state index is -1.12. The summed E-state index contributed by atoms with van der Waals surface area (Å²) >= 11 is 0. The lowest BCUT2D eigenvalue weighted by Gasteiger charge is -2.28. The standard InChI is InChI=1S/C15H24N2O7/c1-2-12(18)16-8-4-3-5-11(15(23)24)17(9-6-13(19)20)10-7-14(21)22/h2,11H,1,3-10H2,(H,16,18)(H,19,20)(H,21,22)(H,23,24). The average Bonchev–Trinajstić information content (AvgIpc) is 2.50. The zero-order valence-corrected chi connectivity index (χ0v) is 13.4. The molecule has 0 saturated heterocycles. The number of hydrogen-bond donors (Lipinski definition) is 4. The maximum Gasteiger partial charge on any atom is 0.320 e. The Bertz CT molecular complexity index is 447. The van der Waals surface area contributed by atoms with Gasteiger partial charge >= 0.3 is 17.9 Å². The van der Waals surface area contributed by atoms with Gasteiger partial charge in [0.2, 0.25) is 5.91 Å². The van der Waals surface area contributed by atoms with Crippen molar-refractivity contribution >= 4 is 23.8 Å². The number of unbranched alkanes of at least 4 members (excludes halogenated alkanes) is 1. The van der Waals surface area contributed by atoms with Gasteiger partial charge in [0.25, 0.3) is 0 Å². The minimum Gasteiger partial charge on any atom is -0.481 e. The first kappa shape index (κ1) is 21.6. The summed E-state index contributed by atoms with van der Waals surface area (Å²) in [7, 11) is 0. The van der Waals surface area contributed by atoms with Gasteiger partial charge in [0.1, 0.15) is 6.04 Å². The topological polar surface area (TPSA) is 144 Å². The van der Waals surface area contributed by atoms with Gasteiger partial charge in [-0.05, 0) is 25.3 Å². The van der Waals surface area contributed by atoms with Crippen LogP contribution >= 0.6 is 0 Å². The molecule has 0 aliphatic carbocycles. The van der Waals surface area contributed by atoms with Crippen LogP contribution in [0, 0.1) is 0 Å². The molecule has 0 fully saturated rings. The molecule has 9 heteroatoms. The van der Waals surface area contributed by atoms with Crippen molar-refractivity contribution in [2.45, 2.75) is 38.1 Å². The average molecular weight is 344 g/mol. The van der Waals surface area contributed by atoms with Crippen LogP contribution in [0.4, 0.5) is 0 Å². The molecule has 9 nitrogen and oxygen atoms in total. The van der Waals surface area contributed by atoms with Crippen LogP contribution in [-0.4, -0.2) is 69.7 Å². The molecule has 0 rings (SSSR count). The molecule has 0 radical (unpaired) electrons. The fourth-order valence-electron chi connectivity index (χ4n) is 2.11. The van der Waals surface area contributed by atoms with E-state index in [4.69, 9.17) is 10.2 Å². The van der Waals surface area contributed by atoms with Crippen LogP contribution in [0.5, 0.6) is 0 Å². The Labute approximate surface area is 139 Å². The van der Waals surface area contributed by atoms with Gasteiger partial charge in [0, 0.05) is 19.6 Å². The Morgan fingerprint density at radius 3 is 1.96 bits per heavy atom. The normalized spacial score (nSPS) is 11.7. The van der Waals surface area contributed by atoms with Gasteiger partial charge in [-0.3, -0.25) is 24.1 Å². The fraction of sp³-hybridized carbons (Fsp3) is 0.600. The lowest BCUT2D eigenvalue weighted by atomic mass is 10.1. The van der Waals surface area contributed by atoms with Gasteiger partial charge in [0.05, 0.1) is 12.8 Å². The third kappa shape index (κ3) is 10.3. The summed E-state index contributed by atoms with van der Waals surface area (Å²) in [6.07, 6.45) is 1.88. The third-order valence-electron chi connectivity index (χ3n) is 3.34. The third-order valence-corrected chi connectivity index (χ3v) is 3.34. The van der Waals surface area contributed by atoms with Gasteiger partial charge < -0.3 is 20.6 Å². The van der Waals surface area contributed by atoms with E-state index in [1.54, 1.807) is 0 Å². The molecule has 0 aliphatic heterocycles. The van der Waals surface area contributed by atoms with E-state index in [2.05, 4.69) is 11.9 Å². The second kappa shape index (κ2) is 12.1. The number of carboxylic acid groups (broad SMARTS) is 3. The van der Waals surface area contributed by atoms with Crippen molar-refractivity contribution in [1.82, 2.24) is 10.2 Å². The van der Waals surface area contributed by atoms with Gasteiger partial charge in [-0.1, -0.05) is 6.58 Å². The number of nitrogens with zero attached hydrogens (tertiary/aromatic N) is 1. The van der Waals surface area contributed by atoms with Crippen molar-refractivity contribution in [3.63, 3.8) is 0 Å². The number of aliphatic carboxylic acids is 3. The Hall–Kier alpha value is -2.42. The number of rotatable bonds is 14. The van der Waals surface area contributed by atoms with Crippen molar-refractivity contribution in [2.24, 2.45) is 0 Å². The molecular formula is C15H24N2O7. The molecule has 136 valence electrons. The van der Waals surface area contributed by atoms with Crippen LogP contribution in [-0.2, 0) is 19.2 Å². The van der Waals surface area contributed by atoms with Crippen LogP contribution in [0.15, 0.2) is 12.7 Å². The molecule has 1 unspecified atom stereocenters. The second-order valence-electron chi connectivity index (χ2n) is 5.17. The van der Waals surface area contributed by atoms with E-state index in [0.29, 0.717) is 19.4 Å². The van der Waals surface area contributed by atoms with E-state index in [-0.39, 0.29) is 38.3 Å². The molecule has 1 amide bonds. The van der Waals surface area contributed by atoms with Crippen LogP contribution in [0.1, 0.15) is 32.1 Å². The number of hydrogen-bond acceptors (Lipinski definition) is 5. The summed E-state index contributed by atoms with van der Waals surface area (Å²) in [5.74, 6) is -3.59. The first-order chi connectivity index (χ1) is 11.3. The zero-order valence-electron chi connectivity index (χ0n) is 13.4. The summed E-state index contributed by atoms with van der Waals surface area (Å²) in [6, 6.07) is -0.959. The van der Waals surface area contributed by atoms with Gasteiger partial charge in [-0.2, -0.15) is 0 Å². The highest BCUT2D eigenvalue weighted by molar-refractivity contribution is 5.86. The first-order valence-corrected chi connectivity index (χ1v) is 7.58. The van der Waals surface area contributed by atoms with Crippen LogP contribution in [0.25, 0.3) is 0 Å². The monoisotopic (exact) mass is 344 g/mol. The lowest BCUT2D eigenvalue weighted by Crippen LogP contribution is -2.43. The maximum atomic E-state index is 11.4. The highest BCUT2D eigenvalue weighted by Crippen LogP contribution is 2.11. The largest absolute Gasteiger partial charge is 0.481 e. The van der Waals surface area contributed by atoms with Crippen molar-refractivity contribution in [3.8, 4) is 0 Å². The zero-order chi connectivity index (χ0) is 18.5. The van der Waals surface area contributed by atoms with E-state index in [1.807, 2.05) is 0 Å². The van der Waals surface area contributed by atoms with E-state index in [9.17, 15) is 24.3 Å². The molecule has 0 aromatic heterocycles. The number of carbonyl (C=O) groups is 4. The van der Waals surface area contributed by atoms with Gasteiger partial charge in [-0.25, -0.2) is 0 Å². The number of carbonyl (C=O) groups excluding carboxylic acids is 1. The van der Waals surface area contributed by atoms with Crippen LogP contribution in [0.2, 0.25) is 0 Å². The maximum absolute atomic E-state index is 11.4. The highest BCUT2D eigenvalue weighted by atomic mass is 16.4. The molecule has 1 atom stereocenters. The summed E-state index contributed by atoms with van der Waals surface area (Å²) in [6.45, 7) is 3.62. The van der Waals surface area contributed by atoms with E-state index < -0.39 is 23.9 Å². The predicted octanol–water partition coefficient (Wildman–Crippen LogP) is 0.164. The van der Waals surface area contributed by atoms with Crippen LogP contribution < -0.4 is 5.32 Å². The van der Waals surface area contributed by atoms with E-state index >= 15 is 0 Å². The molecule has 0 spiro atoms. The quantitative estimate of drug-likeness (QED) is 0.258. The number of amides is 1. The molecule has 0 aromatic rings. The van der Waals surface area contributed by atoms with Gasteiger partial charge in [-0.15, -0.1) is 0 Å². The molecule has 24 heavy (non-hydrogen) atoms. The minimum absolute atomic E-state index is 0.0349. The van der Waals surface area contributed by atoms with Crippen LogP contribution in [0.3, 0.4) is 0 Å². The summed E-state index contributed by atoms with van der Waals surface area (Å²) < 4.78 is 0. The van der Waals surface area contributed by atoms with E-state index in [0.717, 1.165) is 6.08 Å². The molecule has 0 aliphatic rings. The van der Waals surface area contributed by atoms with E-state index in [1.165, 1.54) is 4.90 Å². The smallest absolute Gasteiger partial charge is 0.320 e. The Morgan fingerprint density at radius 2 is 1.54 bits per heavy atom. The predicted molar refractivity (Wildman–Crippen MR) is 84.6 cm³/mol. The molecule has 0 bridgehead atoms. The Morgan fingerprint density at radius 1 is 1.00 bits per heavy atom. The van der Waals surface area contributed by atoms with Crippen molar-refractivity contribution in [3.05, 3.63) is 12.7 Å². The summed E-state index contributed by atoms with van der Waals surface area (Å²) in [4.78, 5) is 45.2. The van der Waals surface area contributed by atoms with Gasteiger partial charge in [0.15, 0.2) is 0 Å². The first-order valence-electron chi connectivity index (χ1n) is 7.58. The molecule has 0 aromatic carbocycles. The van der Waals surface area contributed by atoms with Crippen molar-refractivity contribution in [2.75, 3.05) is 19.6 Å². The molecular weight excluding hydrogens is 320 g/mol. The number of carboxylic acids is 3. The fourth-order valence-corrected chi connectivity index (χ4v) is 2.11. The molecule has 4 N–H and O–H groups in total. The molecule has 0 saturated carbocycles. The Kier molecular flexibility index (Phi) is 10.8.